The van der Waals surface area contributed by atoms with Crippen LogP contribution in [0.3, 0.4) is 0 Å². The highest BCUT2D eigenvalue weighted by Crippen LogP contribution is 2.31. The molecule has 0 aliphatic rings. The van der Waals surface area contributed by atoms with E-state index in [9.17, 15) is 24.5 Å². The zero-order valence-corrected chi connectivity index (χ0v) is 18.9. The molecule has 4 rings (SSSR count). The van der Waals surface area contributed by atoms with E-state index in [0.29, 0.717) is 5.69 Å². The number of nitro groups is 1. The van der Waals surface area contributed by atoms with E-state index in [0.717, 1.165) is 27.6 Å². The number of aromatic nitrogens is 2. The van der Waals surface area contributed by atoms with Gasteiger partial charge in [0, 0.05) is 28.5 Å². The summed E-state index contributed by atoms with van der Waals surface area (Å²) in [7, 11) is 0. The molecule has 1 N–H and O–H groups in total. The van der Waals surface area contributed by atoms with Crippen molar-refractivity contribution in [3.05, 3.63) is 91.2 Å². The van der Waals surface area contributed by atoms with Crippen LogP contribution in [0.5, 0.6) is 0 Å². The summed E-state index contributed by atoms with van der Waals surface area (Å²) < 4.78 is 6.22. The van der Waals surface area contributed by atoms with E-state index in [1.165, 1.54) is 18.2 Å². The molecular weight excluding hydrogens is 460 g/mol. The Hall–Kier alpha value is -4.38. The molecule has 4 aromatic rings. The Kier molecular flexibility index (Phi) is 6.19. The van der Waals surface area contributed by atoms with Crippen LogP contribution < -0.4 is 10.9 Å². The highest BCUT2D eigenvalue weighted by Gasteiger charge is 2.23. The van der Waals surface area contributed by atoms with Crippen LogP contribution in [0, 0.1) is 17.0 Å². The molecule has 11 heteroatoms. The zero-order valence-electron chi connectivity index (χ0n) is 18.1. The lowest BCUT2D eigenvalue weighted by Crippen LogP contribution is -2.25. The molecule has 1 amide bonds. The predicted octanol–water partition coefficient (Wildman–Crippen LogP) is 4.09. The summed E-state index contributed by atoms with van der Waals surface area (Å²) in [5.41, 5.74) is 0.538. The van der Waals surface area contributed by atoms with Gasteiger partial charge in [-0.25, -0.2) is 4.79 Å². The first-order valence-electron chi connectivity index (χ1n) is 10.1. The largest absolute Gasteiger partial charge is 0.461 e. The number of carbonyl (C=O) groups is 2. The van der Waals surface area contributed by atoms with Crippen molar-refractivity contribution in [2.45, 2.75) is 13.8 Å². The van der Waals surface area contributed by atoms with Gasteiger partial charge in [-0.05, 0) is 37.6 Å². The third-order valence-electron chi connectivity index (χ3n) is 4.91. The van der Waals surface area contributed by atoms with E-state index < -0.39 is 22.4 Å². The molecule has 0 unspecified atom stereocenters. The first kappa shape index (κ1) is 22.8. The molecule has 0 aliphatic heterocycles. The highest BCUT2D eigenvalue weighted by atomic mass is 32.1. The first-order chi connectivity index (χ1) is 16.3. The molecule has 2 aromatic heterocycles. The molecule has 0 saturated heterocycles. The second-order valence-electron chi connectivity index (χ2n) is 7.24. The topological polar surface area (TPSA) is 133 Å². The van der Waals surface area contributed by atoms with Crippen LogP contribution in [-0.2, 0) is 4.74 Å². The second kappa shape index (κ2) is 9.24. The Balaban J connectivity index is 1.86. The lowest BCUT2D eigenvalue weighted by molar-refractivity contribution is -0.384. The number of rotatable bonds is 6. The molecule has 0 aliphatic carbocycles. The third-order valence-corrected chi connectivity index (χ3v) is 5.81. The molecule has 0 radical (unpaired) electrons. The van der Waals surface area contributed by atoms with E-state index in [1.54, 1.807) is 30.5 Å². The van der Waals surface area contributed by atoms with Gasteiger partial charge in [-0.1, -0.05) is 18.2 Å². The van der Waals surface area contributed by atoms with Crippen LogP contribution in [0.15, 0.2) is 58.7 Å². The smallest absolute Gasteiger partial charge is 0.359 e. The van der Waals surface area contributed by atoms with E-state index in [1.807, 2.05) is 13.0 Å². The lowest BCUT2D eigenvalue weighted by Gasteiger charge is -2.10. The summed E-state index contributed by atoms with van der Waals surface area (Å²) >= 11 is 1.04. The minimum Gasteiger partial charge on any atom is -0.461 e. The number of non-ortho nitro benzene ring substituents is 1. The van der Waals surface area contributed by atoms with E-state index >= 15 is 0 Å². The number of nitrogens with one attached hydrogen (secondary N) is 1. The Morgan fingerprint density at radius 1 is 1.21 bits per heavy atom. The number of hydrogen-bond acceptors (Lipinski definition) is 8. The number of anilines is 1. The van der Waals surface area contributed by atoms with Crippen molar-refractivity contribution < 1.29 is 19.2 Å². The molecular formula is C23H18N4O6S. The summed E-state index contributed by atoms with van der Waals surface area (Å²) in [6.07, 6.45) is 0. The Bertz CT molecular complexity index is 1510. The molecule has 0 saturated carbocycles. The van der Waals surface area contributed by atoms with Gasteiger partial charge >= 0.3 is 5.97 Å². The molecule has 34 heavy (non-hydrogen) atoms. The maximum Gasteiger partial charge on any atom is 0.359 e. The third kappa shape index (κ3) is 4.28. The van der Waals surface area contributed by atoms with Gasteiger partial charge in [0.05, 0.1) is 22.6 Å². The van der Waals surface area contributed by atoms with E-state index in [-0.39, 0.29) is 39.3 Å². The molecule has 0 bridgehead atoms. The zero-order chi connectivity index (χ0) is 24.4. The van der Waals surface area contributed by atoms with Gasteiger partial charge in [0.25, 0.3) is 17.2 Å². The van der Waals surface area contributed by atoms with Crippen LogP contribution in [-0.4, -0.2) is 33.2 Å². The number of ether oxygens (including phenoxy) is 1. The predicted molar refractivity (Wildman–Crippen MR) is 127 cm³/mol. The molecule has 0 atom stereocenters. The number of esters is 1. The van der Waals surface area contributed by atoms with Gasteiger partial charge in [0.15, 0.2) is 5.69 Å². The minimum absolute atomic E-state index is 0.0504. The van der Waals surface area contributed by atoms with Gasteiger partial charge in [0.1, 0.15) is 5.00 Å². The van der Waals surface area contributed by atoms with Crippen LogP contribution in [0.1, 0.15) is 33.3 Å². The van der Waals surface area contributed by atoms with Crippen molar-refractivity contribution in [3.63, 3.8) is 0 Å². The fraction of sp³-hybridized carbons (Fsp3) is 0.130. The maximum atomic E-state index is 13.4. The van der Waals surface area contributed by atoms with Crippen molar-refractivity contribution in [3.8, 4) is 5.69 Å². The molecule has 0 spiro atoms. The fourth-order valence-electron chi connectivity index (χ4n) is 3.36. The molecule has 2 aromatic carbocycles. The van der Waals surface area contributed by atoms with Gasteiger partial charge in [-0.3, -0.25) is 19.7 Å². The SMILES string of the molecule is CCOC(=O)c1nn(-c2cccc(C)c2)c(=O)c2c(NC(=O)c3cccc([N+](=O)[O-])c3)scc12. The van der Waals surface area contributed by atoms with E-state index in [2.05, 4.69) is 10.4 Å². The monoisotopic (exact) mass is 478 g/mol. The normalized spacial score (nSPS) is 10.8. The number of hydrogen-bond donors (Lipinski definition) is 1. The summed E-state index contributed by atoms with van der Waals surface area (Å²) in [5.74, 6) is -1.34. The summed E-state index contributed by atoms with van der Waals surface area (Å²) in [6, 6.07) is 12.3. The van der Waals surface area contributed by atoms with Crippen molar-refractivity contribution in [2.75, 3.05) is 11.9 Å². The van der Waals surface area contributed by atoms with Crippen LogP contribution >= 0.6 is 11.3 Å². The number of amides is 1. The summed E-state index contributed by atoms with van der Waals surface area (Å²) in [6.45, 7) is 3.63. The quantitative estimate of drug-likeness (QED) is 0.251. The lowest BCUT2D eigenvalue weighted by atomic mass is 10.2. The molecule has 0 fully saturated rings. The maximum absolute atomic E-state index is 13.4. The average Bonchev–Trinajstić information content (AvgIpc) is 3.23. The molecule has 172 valence electrons. The number of fused-ring (bicyclic) bond motifs is 1. The summed E-state index contributed by atoms with van der Waals surface area (Å²) in [5, 5.41) is 20.0. The highest BCUT2D eigenvalue weighted by molar-refractivity contribution is 7.16. The van der Waals surface area contributed by atoms with E-state index in [4.69, 9.17) is 4.74 Å². The Labute approximate surface area is 196 Å². The van der Waals surface area contributed by atoms with Crippen molar-refractivity contribution in [1.82, 2.24) is 9.78 Å². The number of benzene rings is 2. The van der Waals surface area contributed by atoms with Gasteiger partial charge < -0.3 is 10.1 Å². The van der Waals surface area contributed by atoms with Crippen LogP contribution in [0.4, 0.5) is 10.7 Å². The standard InChI is InChI=1S/C23H18N4O6S/c1-3-33-23(30)19-17-12-34-21(24-20(28)14-7-5-9-16(11-14)27(31)32)18(17)22(29)26(25-19)15-8-4-6-13(2)10-15/h4-12H,3H2,1-2H3,(H,24,28). The van der Waals surface area contributed by atoms with Crippen molar-refractivity contribution in [2.24, 2.45) is 0 Å². The van der Waals surface area contributed by atoms with Gasteiger partial charge in [0.2, 0.25) is 0 Å². The number of thiophene rings is 1. The molecule has 10 nitrogen and oxygen atoms in total. The van der Waals surface area contributed by atoms with Gasteiger partial charge in [-0.15, -0.1) is 11.3 Å². The second-order valence-corrected chi connectivity index (χ2v) is 8.12. The number of nitrogens with zero attached hydrogens (tertiary/aromatic N) is 3. The average molecular weight is 478 g/mol. The Morgan fingerprint density at radius 3 is 2.68 bits per heavy atom. The minimum atomic E-state index is -0.705. The molecule has 2 heterocycles. The van der Waals surface area contributed by atoms with Crippen molar-refractivity contribution >= 4 is 44.7 Å². The number of nitro benzene ring substituents is 1. The van der Waals surface area contributed by atoms with Gasteiger partial charge in [-0.2, -0.15) is 9.78 Å². The van der Waals surface area contributed by atoms with Crippen LogP contribution in [0.25, 0.3) is 16.5 Å². The fourth-order valence-corrected chi connectivity index (χ4v) is 4.29. The Morgan fingerprint density at radius 2 is 1.97 bits per heavy atom. The van der Waals surface area contributed by atoms with Crippen LogP contribution in [0.2, 0.25) is 0 Å². The first-order valence-corrected chi connectivity index (χ1v) is 11.0. The number of carbonyl (C=O) groups excluding carboxylic acids is 2. The number of aryl methyl sites for hydroxylation is 1. The summed E-state index contributed by atoms with van der Waals surface area (Å²) in [4.78, 5) is 49.3. The van der Waals surface area contributed by atoms with Crippen molar-refractivity contribution in [1.29, 1.82) is 0 Å².